The summed E-state index contributed by atoms with van der Waals surface area (Å²) in [6.45, 7) is 15.0. The van der Waals surface area contributed by atoms with Crippen molar-refractivity contribution in [2.45, 2.75) is 104 Å². The van der Waals surface area contributed by atoms with E-state index in [0.29, 0.717) is 6.42 Å². The quantitative estimate of drug-likeness (QED) is 0.348. The average Bonchev–Trinajstić information content (AvgIpc) is 3.44. The summed E-state index contributed by atoms with van der Waals surface area (Å²) in [5.41, 5.74) is 3.80. The third-order valence-electron chi connectivity index (χ3n) is 8.16. The zero-order valence-corrected chi connectivity index (χ0v) is 27.2. The molecular weight excluding hydrogens is 558 g/mol. The van der Waals surface area contributed by atoms with Crippen LogP contribution in [0.3, 0.4) is 0 Å². The molecule has 0 unspecified atom stereocenters. The van der Waals surface area contributed by atoms with Crippen LogP contribution in [0.2, 0.25) is 0 Å². The van der Waals surface area contributed by atoms with Gasteiger partial charge < -0.3 is 14.8 Å². The third-order valence-corrected chi connectivity index (χ3v) is 8.16. The van der Waals surface area contributed by atoms with Crippen LogP contribution >= 0.6 is 0 Å². The van der Waals surface area contributed by atoms with E-state index in [1.807, 2.05) is 64.1 Å². The van der Waals surface area contributed by atoms with Crippen molar-refractivity contribution in [1.29, 1.82) is 0 Å². The van der Waals surface area contributed by atoms with Crippen molar-refractivity contribution in [3.8, 4) is 11.1 Å². The second-order valence-electron chi connectivity index (χ2n) is 13.7. The Morgan fingerprint density at radius 1 is 0.932 bits per heavy atom. The second-order valence-corrected chi connectivity index (χ2v) is 13.7. The first-order valence-electron chi connectivity index (χ1n) is 15.6. The zero-order chi connectivity index (χ0) is 32.3. The largest absolute Gasteiger partial charge is 0.459 e. The highest BCUT2D eigenvalue weighted by molar-refractivity contribution is 6.01. The standard InChI is InChI=1S/C35H47N3O6/c1-20(2)17-29(37-34(42)43-19-27-25-15-11-9-13-23(25)24-14-10-12-16-26(24)27)32(40)38-30(39)18-28(31(38)21(3)4)36-22(5)33(41)44-35(6,7)8/h9-16,20-22,27-29,31,36H,17-19H2,1-8H3,(H,37,42)/t22-,28-,29-,31-/m0/s1. The van der Waals surface area contributed by atoms with Crippen molar-refractivity contribution in [1.82, 2.24) is 15.5 Å². The van der Waals surface area contributed by atoms with Gasteiger partial charge in [0.15, 0.2) is 0 Å². The van der Waals surface area contributed by atoms with Crippen molar-refractivity contribution in [3.05, 3.63) is 59.7 Å². The lowest BCUT2D eigenvalue weighted by Gasteiger charge is -2.34. The van der Waals surface area contributed by atoms with Gasteiger partial charge in [-0.05, 0) is 68.2 Å². The van der Waals surface area contributed by atoms with Gasteiger partial charge in [-0.25, -0.2) is 4.79 Å². The summed E-state index contributed by atoms with van der Waals surface area (Å²) in [6.07, 6.45) is -0.308. The molecule has 4 rings (SSSR count). The van der Waals surface area contributed by atoms with Crippen molar-refractivity contribution in [2.24, 2.45) is 11.8 Å². The number of rotatable bonds is 10. The van der Waals surface area contributed by atoms with Crippen LogP contribution < -0.4 is 10.6 Å². The molecule has 0 aromatic heterocycles. The molecule has 1 aliphatic carbocycles. The molecule has 0 radical (unpaired) electrons. The first-order chi connectivity index (χ1) is 20.7. The maximum Gasteiger partial charge on any atom is 0.407 e. The third kappa shape index (κ3) is 7.49. The van der Waals surface area contributed by atoms with Gasteiger partial charge in [-0.15, -0.1) is 0 Å². The number of imide groups is 1. The molecule has 1 saturated heterocycles. The highest BCUT2D eigenvalue weighted by Crippen LogP contribution is 2.44. The lowest BCUT2D eigenvalue weighted by atomic mass is 9.95. The Morgan fingerprint density at radius 3 is 2.02 bits per heavy atom. The van der Waals surface area contributed by atoms with E-state index >= 15 is 0 Å². The van der Waals surface area contributed by atoms with E-state index < -0.39 is 47.7 Å². The predicted octanol–water partition coefficient (Wildman–Crippen LogP) is 5.41. The SMILES string of the molecule is CC(C)C[C@H](NC(=O)OCC1c2ccccc2-c2ccccc21)C(=O)N1C(=O)C[C@H](N[C@@H](C)C(=O)OC(C)(C)C)[C@@H]1C(C)C. The number of esters is 1. The molecule has 3 amide bonds. The molecule has 2 aliphatic rings. The van der Waals surface area contributed by atoms with Crippen molar-refractivity contribution in [2.75, 3.05) is 6.61 Å². The number of ether oxygens (including phenoxy) is 2. The van der Waals surface area contributed by atoms with Gasteiger partial charge in [0.1, 0.15) is 24.3 Å². The topological polar surface area (TPSA) is 114 Å². The van der Waals surface area contributed by atoms with Gasteiger partial charge in [0.25, 0.3) is 5.91 Å². The predicted molar refractivity (Wildman–Crippen MR) is 169 cm³/mol. The Hall–Kier alpha value is -3.72. The van der Waals surface area contributed by atoms with Crippen LogP contribution in [-0.2, 0) is 23.9 Å². The fourth-order valence-corrected chi connectivity index (χ4v) is 6.37. The summed E-state index contributed by atoms with van der Waals surface area (Å²) in [4.78, 5) is 54.4. The van der Waals surface area contributed by atoms with E-state index in [4.69, 9.17) is 9.47 Å². The monoisotopic (exact) mass is 605 g/mol. The minimum absolute atomic E-state index is 0.0566. The maximum atomic E-state index is 14.0. The van der Waals surface area contributed by atoms with Crippen LogP contribution in [0.15, 0.2) is 48.5 Å². The van der Waals surface area contributed by atoms with Crippen LogP contribution in [0.1, 0.15) is 85.3 Å². The van der Waals surface area contributed by atoms with Gasteiger partial charge >= 0.3 is 12.1 Å². The first-order valence-corrected chi connectivity index (χ1v) is 15.6. The molecule has 9 nitrogen and oxygen atoms in total. The molecule has 0 bridgehead atoms. The summed E-state index contributed by atoms with van der Waals surface area (Å²) >= 11 is 0. The number of carbonyl (C=O) groups is 4. The Bertz CT molecular complexity index is 1340. The van der Waals surface area contributed by atoms with E-state index in [-0.39, 0.29) is 36.7 Å². The summed E-state index contributed by atoms with van der Waals surface area (Å²) in [5.74, 6) is -1.38. The maximum absolute atomic E-state index is 14.0. The number of nitrogens with one attached hydrogen (secondary N) is 2. The minimum atomic E-state index is -0.946. The molecule has 1 aliphatic heterocycles. The van der Waals surface area contributed by atoms with Gasteiger partial charge in [-0.2, -0.15) is 0 Å². The molecule has 238 valence electrons. The number of hydrogen-bond donors (Lipinski definition) is 2. The van der Waals surface area contributed by atoms with Gasteiger partial charge in [0, 0.05) is 18.4 Å². The number of hydrogen-bond acceptors (Lipinski definition) is 7. The molecule has 2 aromatic carbocycles. The van der Waals surface area contributed by atoms with E-state index in [1.165, 1.54) is 4.90 Å². The Kier molecular flexibility index (Phi) is 10.2. The molecule has 2 N–H and O–H groups in total. The van der Waals surface area contributed by atoms with Gasteiger partial charge in [-0.3, -0.25) is 24.6 Å². The van der Waals surface area contributed by atoms with Crippen LogP contribution in [0.4, 0.5) is 4.79 Å². The first kappa shape index (κ1) is 33.2. The number of alkyl carbamates (subject to hydrolysis) is 1. The molecule has 44 heavy (non-hydrogen) atoms. The summed E-state index contributed by atoms with van der Waals surface area (Å²) < 4.78 is 11.2. The second kappa shape index (κ2) is 13.5. The van der Waals surface area contributed by atoms with E-state index in [1.54, 1.807) is 27.7 Å². The van der Waals surface area contributed by atoms with Crippen molar-refractivity contribution in [3.63, 3.8) is 0 Å². The molecule has 2 aromatic rings. The van der Waals surface area contributed by atoms with Gasteiger partial charge in [0.05, 0.1) is 6.04 Å². The van der Waals surface area contributed by atoms with Crippen LogP contribution in [-0.4, -0.2) is 65.2 Å². The van der Waals surface area contributed by atoms with E-state index in [9.17, 15) is 19.2 Å². The smallest absolute Gasteiger partial charge is 0.407 e. The normalized spacial score (nSPS) is 19.5. The van der Waals surface area contributed by atoms with E-state index in [0.717, 1.165) is 22.3 Å². The summed E-state index contributed by atoms with van der Waals surface area (Å²) in [5, 5.41) is 6.01. The summed E-state index contributed by atoms with van der Waals surface area (Å²) in [6, 6.07) is 13.6. The molecule has 1 heterocycles. The Balaban J connectivity index is 1.46. The van der Waals surface area contributed by atoms with Gasteiger partial charge in [-0.1, -0.05) is 76.2 Å². The Morgan fingerprint density at radius 2 is 1.50 bits per heavy atom. The number of amides is 3. The molecule has 9 heteroatoms. The molecule has 1 fully saturated rings. The minimum Gasteiger partial charge on any atom is -0.459 e. The number of carbonyl (C=O) groups excluding carboxylic acids is 4. The van der Waals surface area contributed by atoms with Crippen LogP contribution in [0.5, 0.6) is 0 Å². The lowest BCUT2D eigenvalue weighted by molar-refractivity contribution is -0.157. The lowest BCUT2D eigenvalue weighted by Crippen LogP contribution is -2.56. The number of fused-ring (bicyclic) bond motifs is 3. The van der Waals surface area contributed by atoms with Gasteiger partial charge in [0.2, 0.25) is 5.91 Å². The molecule has 0 saturated carbocycles. The van der Waals surface area contributed by atoms with Crippen LogP contribution in [0, 0.1) is 11.8 Å². The number of likely N-dealkylation sites (tertiary alicyclic amines) is 1. The highest BCUT2D eigenvalue weighted by atomic mass is 16.6. The summed E-state index contributed by atoms with van der Waals surface area (Å²) in [7, 11) is 0. The molecular formula is C35H47N3O6. The number of nitrogens with zero attached hydrogens (tertiary/aromatic N) is 1. The molecule has 0 spiro atoms. The van der Waals surface area contributed by atoms with Crippen molar-refractivity contribution >= 4 is 23.9 Å². The Labute approximate surface area is 261 Å². The van der Waals surface area contributed by atoms with Crippen LogP contribution in [0.25, 0.3) is 11.1 Å². The highest BCUT2D eigenvalue weighted by Gasteiger charge is 2.47. The molecule has 4 atom stereocenters. The fourth-order valence-electron chi connectivity index (χ4n) is 6.37. The number of benzene rings is 2. The average molecular weight is 606 g/mol. The van der Waals surface area contributed by atoms with Crippen molar-refractivity contribution < 1.29 is 28.7 Å². The zero-order valence-electron chi connectivity index (χ0n) is 27.2. The fraction of sp³-hybridized carbons (Fsp3) is 0.543. The van der Waals surface area contributed by atoms with E-state index in [2.05, 4.69) is 22.8 Å².